The normalized spacial score (nSPS) is 10.1. The van der Waals surface area contributed by atoms with E-state index in [0.717, 1.165) is 23.5 Å². The van der Waals surface area contributed by atoms with E-state index in [4.69, 9.17) is 0 Å². The summed E-state index contributed by atoms with van der Waals surface area (Å²) >= 11 is 0. The van der Waals surface area contributed by atoms with E-state index in [1.807, 2.05) is 36.4 Å². The van der Waals surface area contributed by atoms with Gasteiger partial charge in [-0.2, -0.15) is 0 Å². The molecule has 3 N–H and O–H groups in total. The van der Waals surface area contributed by atoms with Gasteiger partial charge in [0.05, 0.1) is 0 Å². The molecule has 3 nitrogen and oxygen atoms in total. The zero-order valence-electron chi connectivity index (χ0n) is 10.5. The van der Waals surface area contributed by atoms with Gasteiger partial charge in [0, 0.05) is 24.5 Å². The topological polar surface area (TPSA) is 44.3 Å². The quantitative estimate of drug-likeness (QED) is 0.752. The molecule has 2 aromatic carbocycles. The van der Waals surface area contributed by atoms with Gasteiger partial charge in [0.1, 0.15) is 5.75 Å². The van der Waals surface area contributed by atoms with Crippen molar-refractivity contribution in [3.05, 3.63) is 54.1 Å². The Morgan fingerprint density at radius 2 is 1.61 bits per heavy atom. The average Bonchev–Trinajstić information content (AvgIpc) is 2.38. The fourth-order valence-corrected chi connectivity index (χ4v) is 1.78. The Labute approximate surface area is 107 Å². The molecule has 0 aromatic heterocycles. The second kappa shape index (κ2) is 5.96. The van der Waals surface area contributed by atoms with Gasteiger partial charge in [-0.15, -0.1) is 0 Å². The summed E-state index contributed by atoms with van der Waals surface area (Å²) < 4.78 is 0. The minimum atomic E-state index is 0.303. The summed E-state index contributed by atoms with van der Waals surface area (Å²) in [5, 5.41) is 15.9. The van der Waals surface area contributed by atoms with Gasteiger partial charge in [-0.1, -0.05) is 12.1 Å². The maximum Gasteiger partial charge on any atom is 0.115 e. The van der Waals surface area contributed by atoms with Crippen molar-refractivity contribution < 1.29 is 5.11 Å². The molecule has 0 saturated carbocycles. The van der Waals surface area contributed by atoms with Crippen LogP contribution in [0.15, 0.2) is 48.5 Å². The van der Waals surface area contributed by atoms with E-state index >= 15 is 0 Å². The molecule has 2 rings (SSSR count). The number of phenols is 1. The van der Waals surface area contributed by atoms with Gasteiger partial charge in [0.2, 0.25) is 0 Å². The monoisotopic (exact) mass is 242 g/mol. The highest BCUT2D eigenvalue weighted by Crippen LogP contribution is 2.16. The summed E-state index contributed by atoms with van der Waals surface area (Å²) in [4.78, 5) is 0. The van der Waals surface area contributed by atoms with Crippen molar-refractivity contribution >= 4 is 11.4 Å². The van der Waals surface area contributed by atoms with E-state index < -0.39 is 0 Å². The Morgan fingerprint density at radius 3 is 2.22 bits per heavy atom. The highest BCUT2D eigenvalue weighted by Gasteiger charge is 1.96. The number of hydrogen-bond acceptors (Lipinski definition) is 3. The van der Waals surface area contributed by atoms with Gasteiger partial charge >= 0.3 is 0 Å². The van der Waals surface area contributed by atoms with Crippen molar-refractivity contribution in [2.24, 2.45) is 0 Å². The molecule has 0 aliphatic carbocycles. The van der Waals surface area contributed by atoms with Crippen LogP contribution in [0.3, 0.4) is 0 Å². The predicted octanol–water partition coefficient (Wildman–Crippen LogP) is 3.44. The van der Waals surface area contributed by atoms with E-state index in [1.54, 1.807) is 12.1 Å². The molecule has 2 aromatic rings. The highest BCUT2D eigenvalue weighted by molar-refractivity contribution is 5.53. The molecule has 0 spiro atoms. The summed E-state index contributed by atoms with van der Waals surface area (Å²) in [5.74, 6) is 0.303. The zero-order chi connectivity index (χ0) is 12.8. The lowest BCUT2D eigenvalue weighted by atomic mass is 10.2. The first kappa shape index (κ1) is 12.3. The smallest absolute Gasteiger partial charge is 0.115 e. The standard InChI is InChI=1S/C15H18N2O/c1-2-16-13-6-8-14(9-7-13)17-11-12-4-3-5-15(18)10-12/h3-10,16-18H,2,11H2,1H3. The van der Waals surface area contributed by atoms with Crippen LogP contribution < -0.4 is 10.6 Å². The lowest BCUT2D eigenvalue weighted by molar-refractivity contribution is 0.474. The maximum atomic E-state index is 9.37. The molecule has 0 unspecified atom stereocenters. The Balaban J connectivity index is 1.93. The molecule has 94 valence electrons. The second-order valence-electron chi connectivity index (χ2n) is 4.13. The summed E-state index contributed by atoms with van der Waals surface area (Å²) in [6.45, 7) is 3.71. The molecule has 0 heterocycles. The van der Waals surface area contributed by atoms with Crippen LogP contribution in [0.25, 0.3) is 0 Å². The molecular weight excluding hydrogens is 224 g/mol. The van der Waals surface area contributed by atoms with Crippen molar-refractivity contribution in [2.75, 3.05) is 17.2 Å². The fourth-order valence-electron chi connectivity index (χ4n) is 1.78. The summed E-state index contributed by atoms with van der Waals surface area (Å²) in [5.41, 5.74) is 3.26. The van der Waals surface area contributed by atoms with Crippen molar-refractivity contribution in [3.8, 4) is 5.75 Å². The lowest BCUT2D eigenvalue weighted by Gasteiger charge is -2.08. The largest absolute Gasteiger partial charge is 0.508 e. The first-order valence-electron chi connectivity index (χ1n) is 6.13. The average molecular weight is 242 g/mol. The molecule has 0 bridgehead atoms. The third-order valence-electron chi connectivity index (χ3n) is 2.67. The number of benzene rings is 2. The van der Waals surface area contributed by atoms with Crippen molar-refractivity contribution in [1.82, 2.24) is 0 Å². The number of hydrogen-bond donors (Lipinski definition) is 3. The Morgan fingerprint density at radius 1 is 0.944 bits per heavy atom. The maximum absolute atomic E-state index is 9.37. The van der Waals surface area contributed by atoms with E-state index in [2.05, 4.69) is 17.6 Å². The van der Waals surface area contributed by atoms with Gasteiger partial charge in [0.15, 0.2) is 0 Å². The highest BCUT2D eigenvalue weighted by atomic mass is 16.3. The van der Waals surface area contributed by atoms with Crippen LogP contribution in [0.1, 0.15) is 12.5 Å². The number of rotatable bonds is 5. The van der Waals surface area contributed by atoms with E-state index in [0.29, 0.717) is 12.3 Å². The summed E-state index contributed by atoms with van der Waals surface area (Å²) in [6, 6.07) is 15.5. The minimum Gasteiger partial charge on any atom is -0.508 e. The Hall–Kier alpha value is -2.16. The van der Waals surface area contributed by atoms with Crippen molar-refractivity contribution in [2.45, 2.75) is 13.5 Å². The molecule has 0 atom stereocenters. The van der Waals surface area contributed by atoms with Crippen molar-refractivity contribution in [1.29, 1.82) is 0 Å². The first-order chi connectivity index (χ1) is 8.78. The lowest BCUT2D eigenvalue weighted by Crippen LogP contribution is -2.00. The van der Waals surface area contributed by atoms with Crippen LogP contribution in [0, 0.1) is 0 Å². The van der Waals surface area contributed by atoms with Crippen LogP contribution in [0.2, 0.25) is 0 Å². The molecule has 0 aliphatic heterocycles. The van der Waals surface area contributed by atoms with Gasteiger partial charge < -0.3 is 15.7 Å². The van der Waals surface area contributed by atoms with Crippen LogP contribution >= 0.6 is 0 Å². The molecular formula is C15H18N2O. The first-order valence-corrected chi connectivity index (χ1v) is 6.13. The Bertz CT molecular complexity index is 494. The third-order valence-corrected chi connectivity index (χ3v) is 2.67. The van der Waals surface area contributed by atoms with Crippen molar-refractivity contribution in [3.63, 3.8) is 0 Å². The third kappa shape index (κ3) is 3.42. The fraction of sp³-hybridized carbons (Fsp3) is 0.200. The molecule has 0 amide bonds. The van der Waals surface area contributed by atoms with Crippen LogP contribution in [-0.4, -0.2) is 11.7 Å². The molecule has 3 heteroatoms. The summed E-state index contributed by atoms with van der Waals surface area (Å²) in [6.07, 6.45) is 0. The van der Waals surface area contributed by atoms with Gasteiger partial charge in [-0.05, 0) is 48.9 Å². The van der Waals surface area contributed by atoms with Crippen LogP contribution in [0.4, 0.5) is 11.4 Å². The number of phenolic OH excluding ortho intramolecular Hbond substituents is 1. The SMILES string of the molecule is CCNc1ccc(NCc2cccc(O)c2)cc1. The number of anilines is 2. The molecule has 0 radical (unpaired) electrons. The van der Waals surface area contributed by atoms with Crippen LogP contribution in [-0.2, 0) is 6.54 Å². The minimum absolute atomic E-state index is 0.303. The second-order valence-corrected chi connectivity index (χ2v) is 4.13. The Kier molecular flexibility index (Phi) is 4.07. The van der Waals surface area contributed by atoms with E-state index in [1.165, 1.54) is 0 Å². The number of aromatic hydroxyl groups is 1. The van der Waals surface area contributed by atoms with E-state index in [9.17, 15) is 5.11 Å². The number of nitrogens with one attached hydrogen (secondary N) is 2. The van der Waals surface area contributed by atoms with Gasteiger partial charge in [-0.3, -0.25) is 0 Å². The molecule has 18 heavy (non-hydrogen) atoms. The van der Waals surface area contributed by atoms with Crippen LogP contribution in [0.5, 0.6) is 5.75 Å². The predicted molar refractivity (Wildman–Crippen MR) is 76.0 cm³/mol. The summed E-state index contributed by atoms with van der Waals surface area (Å²) in [7, 11) is 0. The molecule has 0 saturated heterocycles. The zero-order valence-corrected chi connectivity index (χ0v) is 10.5. The van der Waals surface area contributed by atoms with E-state index in [-0.39, 0.29) is 0 Å². The van der Waals surface area contributed by atoms with Gasteiger partial charge in [-0.25, -0.2) is 0 Å². The molecule has 0 fully saturated rings. The molecule has 0 aliphatic rings. The van der Waals surface area contributed by atoms with Gasteiger partial charge in [0.25, 0.3) is 0 Å².